The summed E-state index contributed by atoms with van der Waals surface area (Å²) in [5, 5.41) is 3.01. The van der Waals surface area contributed by atoms with Gasteiger partial charge in [0.05, 0.1) is 6.54 Å². The minimum Gasteiger partial charge on any atom is -0.486 e. The number of para-hydroxylation sites is 2. The van der Waals surface area contributed by atoms with Crippen LogP contribution in [-0.4, -0.2) is 67.8 Å². The Labute approximate surface area is 161 Å². The van der Waals surface area contributed by atoms with Crippen LogP contribution in [0.25, 0.3) is 0 Å². The second-order valence-corrected chi connectivity index (χ2v) is 8.07. The van der Waals surface area contributed by atoms with Crippen molar-refractivity contribution >= 4 is 6.03 Å². The van der Waals surface area contributed by atoms with Crippen molar-refractivity contribution in [2.24, 2.45) is 5.92 Å². The highest BCUT2D eigenvalue weighted by Crippen LogP contribution is 2.32. The molecule has 1 aromatic carbocycles. The summed E-state index contributed by atoms with van der Waals surface area (Å²) in [6, 6.07) is 8.29. The zero-order valence-electron chi connectivity index (χ0n) is 16.2. The van der Waals surface area contributed by atoms with E-state index in [1.54, 1.807) is 0 Å². The summed E-state index contributed by atoms with van der Waals surface area (Å²) < 4.78 is 11.6. The van der Waals surface area contributed by atoms with Crippen molar-refractivity contribution in [3.8, 4) is 11.5 Å². The van der Waals surface area contributed by atoms with Gasteiger partial charge in [-0.2, -0.15) is 0 Å². The third-order valence-corrected chi connectivity index (χ3v) is 6.13. The smallest absolute Gasteiger partial charge is 0.317 e. The van der Waals surface area contributed by atoms with Crippen LogP contribution in [0.1, 0.15) is 32.1 Å². The number of hydrogen-bond acceptors (Lipinski definition) is 4. The van der Waals surface area contributed by atoms with Crippen LogP contribution in [0, 0.1) is 5.92 Å². The van der Waals surface area contributed by atoms with E-state index in [-0.39, 0.29) is 12.1 Å². The number of nitrogens with zero attached hydrogens (tertiary/aromatic N) is 2. The predicted octanol–water partition coefficient (Wildman–Crippen LogP) is 2.73. The lowest BCUT2D eigenvalue weighted by molar-refractivity contribution is 0.0481. The van der Waals surface area contributed by atoms with E-state index in [2.05, 4.69) is 10.2 Å². The van der Waals surface area contributed by atoms with Crippen molar-refractivity contribution in [3.63, 3.8) is 0 Å². The first kappa shape index (κ1) is 18.4. The maximum Gasteiger partial charge on any atom is 0.317 e. The fourth-order valence-corrected chi connectivity index (χ4v) is 4.72. The second kappa shape index (κ2) is 8.38. The molecule has 4 rings (SSSR count). The zero-order chi connectivity index (χ0) is 18.6. The van der Waals surface area contributed by atoms with E-state index in [0.29, 0.717) is 25.1 Å². The van der Waals surface area contributed by atoms with E-state index >= 15 is 0 Å². The van der Waals surface area contributed by atoms with Gasteiger partial charge in [-0.05, 0) is 56.8 Å². The molecule has 3 heterocycles. The molecule has 0 bridgehead atoms. The molecule has 0 aromatic heterocycles. The molecular weight excluding hydrogens is 342 g/mol. The van der Waals surface area contributed by atoms with Crippen LogP contribution in [0.4, 0.5) is 4.79 Å². The first-order valence-corrected chi connectivity index (χ1v) is 10.3. The number of fused-ring (bicyclic) bond motifs is 2. The van der Waals surface area contributed by atoms with E-state index in [4.69, 9.17) is 9.47 Å². The average Bonchev–Trinajstić information content (AvgIpc) is 2.72. The lowest BCUT2D eigenvalue weighted by Crippen LogP contribution is -2.52. The van der Waals surface area contributed by atoms with Gasteiger partial charge in [-0.15, -0.1) is 0 Å². The minimum atomic E-state index is -0.152. The molecule has 0 spiro atoms. The van der Waals surface area contributed by atoms with Crippen molar-refractivity contribution < 1.29 is 14.3 Å². The normalized spacial score (nSPS) is 27.5. The van der Waals surface area contributed by atoms with Gasteiger partial charge < -0.3 is 24.6 Å². The number of hydrogen-bond donors (Lipinski definition) is 1. The monoisotopic (exact) mass is 373 g/mol. The lowest BCUT2D eigenvalue weighted by Gasteiger charge is -2.45. The Morgan fingerprint density at radius 3 is 2.89 bits per heavy atom. The highest BCUT2D eigenvalue weighted by Gasteiger charge is 2.34. The number of carbonyl (C=O) groups is 1. The van der Waals surface area contributed by atoms with Crippen molar-refractivity contribution in [1.29, 1.82) is 0 Å². The highest BCUT2D eigenvalue weighted by molar-refractivity contribution is 5.73. The Balaban J connectivity index is 1.25. The first-order valence-electron chi connectivity index (χ1n) is 10.3. The molecule has 148 valence electrons. The Bertz CT molecular complexity index is 651. The summed E-state index contributed by atoms with van der Waals surface area (Å²) in [4.78, 5) is 17.1. The number of urea groups is 1. The number of carbonyl (C=O) groups excluding carboxylic acids is 1. The van der Waals surface area contributed by atoms with E-state index in [1.807, 2.05) is 36.2 Å². The molecule has 2 saturated heterocycles. The molecule has 27 heavy (non-hydrogen) atoms. The summed E-state index contributed by atoms with van der Waals surface area (Å²) >= 11 is 0. The van der Waals surface area contributed by atoms with Crippen LogP contribution >= 0.6 is 0 Å². The van der Waals surface area contributed by atoms with Gasteiger partial charge in [-0.3, -0.25) is 0 Å². The maximum atomic E-state index is 12.6. The second-order valence-electron chi connectivity index (χ2n) is 8.07. The lowest BCUT2D eigenvalue weighted by atomic mass is 9.83. The van der Waals surface area contributed by atoms with E-state index < -0.39 is 0 Å². The quantitative estimate of drug-likeness (QED) is 0.882. The van der Waals surface area contributed by atoms with E-state index in [1.165, 1.54) is 45.2 Å². The van der Waals surface area contributed by atoms with Crippen molar-refractivity contribution in [2.45, 2.75) is 44.2 Å². The van der Waals surface area contributed by atoms with Crippen molar-refractivity contribution in [3.05, 3.63) is 24.3 Å². The largest absolute Gasteiger partial charge is 0.486 e. The topological polar surface area (TPSA) is 54.0 Å². The SMILES string of the molecule is CN(C[C@@H]1CCCN2CCCC[C@H]12)C(=O)NC[C@H]1COc2ccccc2O1. The molecule has 1 aromatic rings. The van der Waals surface area contributed by atoms with Gasteiger partial charge in [-0.1, -0.05) is 18.6 Å². The van der Waals surface area contributed by atoms with Crippen LogP contribution in [0.5, 0.6) is 11.5 Å². The number of amides is 2. The number of piperidine rings is 2. The zero-order valence-corrected chi connectivity index (χ0v) is 16.2. The van der Waals surface area contributed by atoms with E-state index in [0.717, 1.165) is 18.0 Å². The van der Waals surface area contributed by atoms with E-state index in [9.17, 15) is 4.79 Å². The van der Waals surface area contributed by atoms with Gasteiger partial charge >= 0.3 is 6.03 Å². The Morgan fingerprint density at radius 1 is 1.19 bits per heavy atom. The minimum absolute atomic E-state index is 0.0228. The van der Waals surface area contributed by atoms with Crippen molar-refractivity contribution in [2.75, 3.05) is 39.8 Å². The molecule has 3 aliphatic rings. The molecule has 1 N–H and O–H groups in total. The third kappa shape index (κ3) is 4.32. The van der Waals surface area contributed by atoms with Crippen LogP contribution in [0.15, 0.2) is 24.3 Å². The molecular formula is C21H31N3O3. The van der Waals surface area contributed by atoms with Crippen LogP contribution in [0.3, 0.4) is 0 Å². The average molecular weight is 373 g/mol. The van der Waals surface area contributed by atoms with Crippen LogP contribution in [-0.2, 0) is 0 Å². The summed E-state index contributed by atoms with van der Waals surface area (Å²) in [6.45, 7) is 4.21. The standard InChI is InChI=1S/C21H31N3O3/c1-23(14-16-7-6-12-24-11-5-4-8-18(16)24)21(25)22-13-17-15-26-19-9-2-3-10-20(19)27-17/h2-3,9-10,16-18H,4-8,11-15H2,1H3,(H,22,25)/t16-,17-,18+/m0/s1. The summed E-state index contributed by atoms with van der Waals surface area (Å²) in [5.41, 5.74) is 0. The maximum absolute atomic E-state index is 12.6. The molecule has 2 amide bonds. The molecule has 0 unspecified atom stereocenters. The Hall–Kier alpha value is -1.95. The highest BCUT2D eigenvalue weighted by atomic mass is 16.6. The van der Waals surface area contributed by atoms with Gasteiger partial charge in [0.15, 0.2) is 17.6 Å². The Kier molecular flexibility index (Phi) is 5.72. The molecule has 0 radical (unpaired) electrons. The number of ether oxygens (including phenoxy) is 2. The number of nitrogens with one attached hydrogen (secondary N) is 1. The molecule has 6 nitrogen and oxygen atoms in total. The van der Waals surface area contributed by atoms with Crippen molar-refractivity contribution in [1.82, 2.24) is 15.1 Å². The first-order chi connectivity index (χ1) is 13.2. The summed E-state index contributed by atoms with van der Waals surface area (Å²) in [6.07, 6.45) is 6.27. The molecule has 6 heteroatoms. The van der Waals surface area contributed by atoms with Gasteiger partial charge in [-0.25, -0.2) is 4.79 Å². The fourth-order valence-electron chi connectivity index (χ4n) is 4.72. The third-order valence-electron chi connectivity index (χ3n) is 6.13. The molecule has 0 saturated carbocycles. The fraction of sp³-hybridized carbons (Fsp3) is 0.667. The summed E-state index contributed by atoms with van der Waals surface area (Å²) in [7, 11) is 1.91. The van der Waals surface area contributed by atoms with Gasteiger partial charge in [0, 0.05) is 19.6 Å². The van der Waals surface area contributed by atoms with Crippen LogP contribution in [0.2, 0.25) is 0 Å². The van der Waals surface area contributed by atoms with Crippen LogP contribution < -0.4 is 14.8 Å². The molecule has 0 aliphatic carbocycles. The predicted molar refractivity (Wildman–Crippen MR) is 104 cm³/mol. The summed E-state index contributed by atoms with van der Waals surface area (Å²) in [5.74, 6) is 2.11. The number of rotatable bonds is 4. The molecule has 3 atom stereocenters. The van der Waals surface area contributed by atoms with Gasteiger partial charge in [0.1, 0.15) is 6.61 Å². The Morgan fingerprint density at radius 2 is 2.00 bits per heavy atom. The molecule has 2 fully saturated rings. The van der Waals surface area contributed by atoms with Gasteiger partial charge in [0.25, 0.3) is 0 Å². The number of benzene rings is 1. The van der Waals surface area contributed by atoms with Gasteiger partial charge in [0.2, 0.25) is 0 Å². The molecule has 3 aliphatic heterocycles.